The molecule has 7 nitrogen and oxygen atoms in total. The molecule has 1 saturated heterocycles. The monoisotopic (exact) mass is 293 g/mol. The maximum atomic E-state index is 11.3. The van der Waals surface area contributed by atoms with E-state index in [1.54, 1.807) is 0 Å². The van der Waals surface area contributed by atoms with E-state index in [0.717, 1.165) is 25.9 Å². The van der Waals surface area contributed by atoms with Crippen LogP contribution in [0.2, 0.25) is 0 Å². The minimum Gasteiger partial charge on any atom is -0.478 e. The summed E-state index contributed by atoms with van der Waals surface area (Å²) in [5.74, 6) is -0.639. The molecule has 1 heterocycles. The van der Waals surface area contributed by atoms with Gasteiger partial charge in [-0.2, -0.15) is 0 Å². The van der Waals surface area contributed by atoms with Gasteiger partial charge in [0.2, 0.25) is 0 Å². The summed E-state index contributed by atoms with van der Waals surface area (Å²) in [6, 6.07) is 3.92. The molecule has 1 fully saturated rings. The van der Waals surface area contributed by atoms with Crippen LogP contribution < -0.4 is 10.2 Å². The number of aromatic carboxylic acids is 1. The van der Waals surface area contributed by atoms with Gasteiger partial charge >= 0.3 is 5.97 Å². The number of nitrogens with one attached hydrogen (secondary N) is 1. The third-order valence-electron chi connectivity index (χ3n) is 3.78. The Morgan fingerprint density at radius 1 is 1.57 bits per heavy atom. The number of piperidine rings is 1. The quantitative estimate of drug-likeness (QED) is 0.634. The Balaban J connectivity index is 2.33. The van der Waals surface area contributed by atoms with Gasteiger partial charge in [-0.15, -0.1) is 0 Å². The van der Waals surface area contributed by atoms with Crippen molar-refractivity contribution in [2.75, 3.05) is 31.6 Å². The summed E-state index contributed by atoms with van der Waals surface area (Å²) in [6.45, 7) is 2.29. The molecule has 21 heavy (non-hydrogen) atoms. The van der Waals surface area contributed by atoms with Gasteiger partial charge in [-0.3, -0.25) is 10.1 Å². The van der Waals surface area contributed by atoms with E-state index in [4.69, 9.17) is 0 Å². The Hall–Kier alpha value is -2.15. The molecule has 0 spiro atoms. The maximum Gasteiger partial charge on any atom is 0.337 e. The molecular formula is C14H19N3O4. The van der Waals surface area contributed by atoms with Gasteiger partial charge in [0, 0.05) is 25.2 Å². The molecule has 114 valence electrons. The first-order valence-electron chi connectivity index (χ1n) is 6.94. The number of hydrogen-bond donors (Lipinski definition) is 2. The van der Waals surface area contributed by atoms with E-state index >= 15 is 0 Å². The molecule has 0 aliphatic carbocycles. The van der Waals surface area contributed by atoms with Crippen molar-refractivity contribution in [1.29, 1.82) is 0 Å². The Morgan fingerprint density at radius 2 is 2.33 bits per heavy atom. The fraction of sp³-hybridized carbons (Fsp3) is 0.500. The fourth-order valence-corrected chi connectivity index (χ4v) is 2.82. The van der Waals surface area contributed by atoms with Crippen LogP contribution in [-0.2, 0) is 0 Å². The molecule has 7 heteroatoms. The van der Waals surface area contributed by atoms with Crippen molar-refractivity contribution < 1.29 is 14.8 Å². The zero-order valence-corrected chi connectivity index (χ0v) is 11.9. The lowest BCUT2D eigenvalue weighted by Gasteiger charge is -2.35. The molecule has 0 amide bonds. The van der Waals surface area contributed by atoms with E-state index in [2.05, 4.69) is 5.32 Å². The summed E-state index contributed by atoms with van der Waals surface area (Å²) in [6.07, 6.45) is 2.03. The molecule has 1 aliphatic rings. The van der Waals surface area contributed by atoms with E-state index in [0.29, 0.717) is 18.2 Å². The predicted octanol–water partition coefficient (Wildman–Crippen LogP) is 1.73. The topological polar surface area (TPSA) is 95.7 Å². The van der Waals surface area contributed by atoms with Gasteiger partial charge in [-0.25, -0.2) is 4.79 Å². The van der Waals surface area contributed by atoms with Gasteiger partial charge in [0.15, 0.2) is 0 Å². The summed E-state index contributed by atoms with van der Waals surface area (Å²) in [5, 5.41) is 23.3. The summed E-state index contributed by atoms with van der Waals surface area (Å²) in [7, 11) is 1.88. The SMILES string of the molecule is CNCC1CCCN(c2cc([N+](=O)[O-])ccc2C(=O)O)C1. The van der Waals surface area contributed by atoms with Gasteiger partial charge in [-0.05, 0) is 38.4 Å². The second-order valence-corrected chi connectivity index (χ2v) is 5.28. The van der Waals surface area contributed by atoms with Crippen molar-refractivity contribution in [2.45, 2.75) is 12.8 Å². The lowest BCUT2D eigenvalue weighted by atomic mass is 9.96. The van der Waals surface area contributed by atoms with Crippen molar-refractivity contribution in [3.8, 4) is 0 Å². The molecule has 1 aromatic carbocycles. The first-order chi connectivity index (χ1) is 10.0. The van der Waals surface area contributed by atoms with Crippen LogP contribution >= 0.6 is 0 Å². The third kappa shape index (κ3) is 3.49. The van der Waals surface area contributed by atoms with E-state index in [-0.39, 0.29) is 11.3 Å². The Bertz CT molecular complexity index is 545. The number of non-ortho nitro benzene ring substituents is 1. The lowest BCUT2D eigenvalue weighted by Crippen LogP contribution is -2.39. The highest BCUT2D eigenvalue weighted by Gasteiger charge is 2.25. The highest BCUT2D eigenvalue weighted by molar-refractivity contribution is 5.95. The number of hydrogen-bond acceptors (Lipinski definition) is 5. The molecule has 0 radical (unpaired) electrons. The number of nitrogens with zero attached hydrogens (tertiary/aromatic N) is 2. The molecule has 0 saturated carbocycles. The molecule has 1 atom stereocenters. The number of rotatable bonds is 5. The molecule has 1 aromatic rings. The Labute approximate surface area is 122 Å². The van der Waals surface area contributed by atoms with Crippen LogP contribution in [0.3, 0.4) is 0 Å². The summed E-state index contributed by atoms with van der Waals surface area (Å²) in [5.41, 5.74) is 0.481. The number of carbonyl (C=O) groups is 1. The molecule has 0 aromatic heterocycles. The second kappa shape index (κ2) is 6.53. The lowest BCUT2D eigenvalue weighted by molar-refractivity contribution is -0.384. The molecule has 1 aliphatic heterocycles. The van der Waals surface area contributed by atoms with E-state index in [1.165, 1.54) is 18.2 Å². The van der Waals surface area contributed by atoms with Crippen LogP contribution in [0, 0.1) is 16.0 Å². The molecule has 1 unspecified atom stereocenters. The molecular weight excluding hydrogens is 274 g/mol. The smallest absolute Gasteiger partial charge is 0.337 e. The van der Waals surface area contributed by atoms with Crippen LogP contribution in [0.25, 0.3) is 0 Å². The predicted molar refractivity (Wildman–Crippen MR) is 78.9 cm³/mol. The summed E-state index contributed by atoms with van der Waals surface area (Å²) < 4.78 is 0. The molecule has 0 bridgehead atoms. The standard InChI is InChI=1S/C14H19N3O4/c1-15-8-10-3-2-6-16(9-10)13-7-11(17(20)21)4-5-12(13)14(18)19/h4-5,7,10,15H,2-3,6,8-9H2,1H3,(H,18,19). The average molecular weight is 293 g/mol. The summed E-state index contributed by atoms with van der Waals surface area (Å²) >= 11 is 0. The van der Waals surface area contributed by atoms with E-state index in [1.807, 2.05) is 11.9 Å². The molecule has 2 N–H and O–H groups in total. The van der Waals surface area contributed by atoms with Crippen molar-refractivity contribution in [3.63, 3.8) is 0 Å². The zero-order chi connectivity index (χ0) is 15.4. The highest BCUT2D eigenvalue weighted by Crippen LogP contribution is 2.30. The number of anilines is 1. The average Bonchev–Trinajstić information content (AvgIpc) is 2.47. The van der Waals surface area contributed by atoms with Gasteiger partial charge in [-0.1, -0.05) is 0 Å². The third-order valence-corrected chi connectivity index (χ3v) is 3.78. The van der Waals surface area contributed by atoms with Crippen LogP contribution in [0.1, 0.15) is 23.2 Å². The van der Waals surface area contributed by atoms with Crippen LogP contribution in [0.15, 0.2) is 18.2 Å². The van der Waals surface area contributed by atoms with E-state index < -0.39 is 10.9 Å². The number of carboxylic acid groups (broad SMARTS) is 1. The van der Waals surface area contributed by atoms with Crippen LogP contribution in [0.4, 0.5) is 11.4 Å². The van der Waals surface area contributed by atoms with Crippen molar-refractivity contribution >= 4 is 17.3 Å². The number of carboxylic acids is 1. The Morgan fingerprint density at radius 3 is 2.95 bits per heavy atom. The fourth-order valence-electron chi connectivity index (χ4n) is 2.82. The summed E-state index contributed by atoms with van der Waals surface area (Å²) in [4.78, 5) is 23.7. The largest absolute Gasteiger partial charge is 0.478 e. The minimum atomic E-state index is -1.06. The van der Waals surface area contributed by atoms with E-state index in [9.17, 15) is 20.0 Å². The van der Waals surface area contributed by atoms with Gasteiger partial charge in [0.25, 0.3) is 5.69 Å². The minimum absolute atomic E-state index is 0.0780. The first kappa shape index (κ1) is 15.2. The van der Waals surface area contributed by atoms with Gasteiger partial charge in [0.05, 0.1) is 16.2 Å². The van der Waals surface area contributed by atoms with Crippen LogP contribution in [-0.4, -0.2) is 42.7 Å². The van der Waals surface area contributed by atoms with Crippen molar-refractivity contribution in [3.05, 3.63) is 33.9 Å². The van der Waals surface area contributed by atoms with Gasteiger partial charge in [0.1, 0.15) is 0 Å². The van der Waals surface area contributed by atoms with Gasteiger partial charge < -0.3 is 15.3 Å². The number of nitro groups is 1. The Kier molecular flexibility index (Phi) is 4.74. The zero-order valence-electron chi connectivity index (χ0n) is 11.9. The van der Waals surface area contributed by atoms with Crippen molar-refractivity contribution in [1.82, 2.24) is 5.32 Å². The second-order valence-electron chi connectivity index (χ2n) is 5.28. The maximum absolute atomic E-state index is 11.3. The molecule has 2 rings (SSSR count). The first-order valence-corrected chi connectivity index (χ1v) is 6.94. The highest BCUT2D eigenvalue weighted by atomic mass is 16.6. The normalized spacial score (nSPS) is 18.5. The van der Waals surface area contributed by atoms with Crippen LogP contribution in [0.5, 0.6) is 0 Å². The number of nitro benzene ring substituents is 1. The van der Waals surface area contributed by atoms with Crippen molar-refractivity contribution in [2.24, 2.45) is 5.92 Å². The number of benzene rings is 1.